The van der Waals surface area contributed by atoms with Crippen LogP contribution in [0, 0.1) is 0 Å². The molecule has 0 fully saturated rings. The first-order chi connectivity index (χ1) is 34.6. The Morgan fingerprint density at radius 1 is 0.408 bits per heavy atom. The van der Waals surface area contributed by atoms with Crippen molar-refractivity contribution in [1.29, 1.82) is 0 Å². The minimum absolute atomic E-state index is 0.0425. The van der Waals surface area contributed by atoms with Crippen molar-refractivity contribution in [2.75, 3.05) is 0 Å². The zero-order valence-electron chi connectivity index (χ0n) is 38.5. The fraction of sp³-hybridized carbons (Fsp3) is 0.153. The number of hydrogen-bond donors (Lipinski definition) is 0. The first-order valence-electron chi connectivity index (χ1n) is 23.0. The highest BCUT2D eigenvalue weighted by Gasteiger charge is 2.38. The fourth-order valence-corrected chi connectivity index (χ4v) is 8.81. The normalized spacial score (nSPS) is 12.6. The summed E-state index contributed by atoms with van der Waals surface area (Å²) < 4.78 is 67.0. The van der Waals surface area contributed by atoms with Gasteiger partial charge in [0.2, 0.25) is 0 Å². The monoisotopic (exact) mass is 1020 g/mol. The van der Waals surface area contributed by atoms with Crippen molar-refractivity contribution in [3.8, 4) is 23.0 Å². The van der Waals surface area contributed by atoms with E-state index >= 15 is 0 Å². The van der Waals surface area contributed by atoms with Crippen LogP contribution in [-0.4, -0.2) is 21.6 Å². The lowest BCUT2D eigenvalue weighted by Gasteiger charge is -2.22. The van der Waals surface area contributed by atoms with Crippen molar-refractivity contribution < 1.29 is 41.7 Å². The molecule has 2 aliphatic heterocycles. The lowest BCUT2D eigenvalue weighted by molar-refractivity contribution is -0.139. The van der Waals surface area contributed by atoms with Crippen LogP contribution in [0.1, 0.15) is 70.8 Å². The van der Waals surface area contributed by atoms with Crippen LogP contribution in [0.4, 0.5) is 13.2 Å². The third-order valence-electron chi connectivity index (χ3n) is 12.1. The molecular weight excluding hydrogens is 970 g/mol. The van der Waals surface area contributed by atoms with Gasteiger partial charge >= 0.3 is 6.18 Å². The number of carbonyl (C=O) groups excluding carboxylic acids is 2. The molecule has 8 nitrogen and oxygen atoms in total. The minimum atomic E-state index is -4.73. The van der Waals surface area contributed by atoms with Crippen LogP contribution >= 0.6 is 15.9 Å². The third-order valence-corrected chi connectivity index (χ3v) is 12.7. The van der Waals surface area contributed by atoms with E-state index in [1.807, 2.05) is 150 Å². The molecule has 0 saturated heterocycles. The van der Waals surface area contributed by atoms with Crippen LogP contribution in [0.2, 0.25) is 0 Å². The van der Waals surface area contributed by atoms with Gasteiger partial charge in [0.15, 0.2) is 0 Å². The Morgan fingerprint density at radius 2 is 0.704 bits per heavy atom. The average molecular weight is 1020 g/mol. The Bertz CT molecular complexity index is 3050. The maximum Gasteiger partial charge on any atom is 0.419 e. The summed E-state index contributed by atoms with van der Waals surface area (Å²) in [6.45, 7) is 2.64. The summed E-state index contributed by atoms with van der Waals surface area (Å²) in [6, 6.07) is 59.5. The van der Waals surface area contributed by atoms with Gasteiger partial charge in [-0.25, -0.2) is 0 Å². The molecule has 0 spiro atoms. The number of hydrogen-bond acceptors (Lipinski definition) is 6. The summed E-state index contributed by atoms with van der Waals surface area (Å²) in [5.74, 6) is 0.208. The zero-order chi connectivity index (χ0) is 49.2. The van der Waals surface area contributed by atoms with Crippen molar-refractivity contribution in [3.63, 3.8) is 0 Å². The second-order valence-corrected chi connectivity index (χ2v) is 17.9. The number of halogens is 4. The Kier molecular flexibility index (Phi) is 15.1. The van der Waals surface area contributed by atoms with Gasteiger partial charge in [-0.1, -0.05) is 170 Å². The van der Waals surface area contributed by atoms with Gasteiger partial charge in [0.25, 0.3) is 11.8 Å². The van der Waals surface area contributed by atoms with E-state index in [1.165, 1.54) is 22.1 Å². The maximum atomic E-state index is 14.1. The van der Waals surface area contributed by atoms with Crippen molar-refractivity contribution in [2.24, 2.45) is 0 Å². The van der Waals surface area contributed by atoms with Gasteiger partial charge in [0, 0.05) is 38.3 Å². The minimum Gasteiger partial charge on any atom is -0.488 e. The van der Waals surface area contributed by atoms with Crippen LogP contribution in [-0.2, 0) is 58.8 Å². The smallest absolute Gasteiger partial charge is 0.419 e. The van der Waals surface area contributed by atoms with Crippen LogP contribution in [0.15, 0.2) is 199 Å². The molecule has 0 radical (unpaired) electrons. The number of carbonyl (C=O) groups is 2. The molecule has 0 unspecified atom stereocenters. The fourth-order valence-electron chi connectivity index (χ4n) is 8.36. The van der Waals surface area contributed by atoms with E-state index in [4.69, 9.17) is 18.9 Å². The van der Waals surface area contributed by atoms with E-state index in [1.54, 1.807) is 24.3 Å². The van der Waals surface area contributed by atoms with E-state index in [2.05, 4.69) is 28.1 Å². The SMILES string of the molecule is O=C(c1cc(Br)c(OCc2ccccc2)cc1OCc1ccccc1)N1Cc2ccccc2C1.O=C(c1cc(C(F)(F)F)c(OCc2ccccc2)cc1OCc1ccccc1)N1Cc2ccccc2C1. The van der Waals surface area contributed by atoms with Crippen molar-refractivity contribution in [3.05, 3.63) is 260 Å². The second kappa shape index (κ2) is 22.3. The molecule has 0 bridgehead atoms. The van der Waals surface area contributed by atoms with E-state index < -0.39 is 17.6 Å². The summed E-state index contributed by atoms with van der Waals surface area (Å²) in [5.41, 5.74) is 7.30. The van der Waals surface area contributed by atoms with E-state index in [-0.39, 0.29) is 36.2 Å². The van der Waals surface area contributed by atoms with Crippen LogP contribution in [0.3, 0.4) is 0 Å². The predicted octanol–water partition coefficient (Wildman–Crippen LogP) is 13.8. The molecule has 8 aromatic rings. The van der Waals surface area contributed by atoms with Gasteiger partial charge in [-0.3, -0.25) is 9.59 Å². The lowest BCUT2D eigenvalue weighted by Crippen LogP contribution is -2.26. The second-order valence-electron chi connectivity index (χ2n) is 17.1. The number of fused-ring (bicyclic) bond motifs is 2. The molecule has 358 valence electrons. The number of benzene rings is 8. The van der Waals surface area contributed by atoms with E-state index in [0.29, 0.717) is 56.5 Å². The van der Waals surface area contributed by atoms with Gasteiger partial charge in [-0.2, -0.15) is 13.2 Å². The van der Waals surface area contributed by atoms with E-state index in [0.717, 1.165) is 43.9 Å². The average Bonchev–Trinajstić information content (AvgIpc) is 4.05. The van der Waals surface area contributed by atoms with Crippen molar-refractivity contribution >= 4 is 27.7 Å². The number of alkyl halides is 3. The van der Waals surface area contributed by atoms with Crippen LogP contribution in [0.25, 0.3) is 0 Å². The van der Waals surface area contributed by atoms with Gasteiger partial charge in [-0.05, 0) is 72.6 Å². The third kappa shape index (κ3) is 12.1. The Morgan fingerprint density at radius 3 is 1.06 bits per heavy atom. The molecule has 71 heavy (non-hydrogen) atoms. The first-order valence-corrected chi connectivity index (χ1v) is 23.8. The summed E-state index contributed by atoms with van der Waals surface area (Å²) >= 11 is 3.60. The molecule has 0 saturated carbocycles. The molecule has 10 rings (SSSR count). The quantitative estimate of drug-likeness (QED) is 0.108. The summed E-state index contributed by atoms with van der Waals surface area (Å²) in [4.78, 5) is 30.5. The van der Waals surface area contributed by atoms with Gasteiger partial charge in [0.05, 0.1) is 21.2 Å². The van der Waals surface area contributed by atoms with Gasteiger partial charge in [0.1, 0.15) is 49.4 Å². The van der Waals surface area contributed by atoms with Crippen molar-refractivity contribution in [1.82, 2.24) is 9.80 Å². The largest absolute Gasteiger partial charge is 0.488 e. The molecule has 0 atom stereocenters. The topological polar surface area (TPSA) is 77.5 Å². The summed E-state index contributed by atoms with van der Waals surface area (Å²) in [6.07, 6.45) is -4.73. The number of nitrogens with zero attached hydrogens (tertiary/aromatic N) is 2. The Labute approximate surface area is 419 Å². The summed E-state index contributed by atoms with van der Waals surface area (Å²) in [5, 5.41) is 0. The van der Waals surface area contributed by atoms with Crippen LogP contribution < -0.4 is 18.9 Å². The molecule has 12 heteroatoms. The molecule has 0 N–H and O–H groups in total. The molecule has 2 amide bonds. The van der Waals surface area contributed by atoms with E-state index in [9.17, 15) is 22.8 Å². The molecule has 0 aromatic heterocycles. The number of amides is 2. The van der Waals surface area contributed by atoms with Crippen LogP contribution in [0.5, 0.6) is 23.0 Å². The first kappa shape index (κ1) is 48.2. The molecule has 2 aliphatic rings. The van der Waals surface area contributed by atoms with Crippen molar-refractivity contribution in [2.45, 2.75) is 58.8 Å². The maximum absolute atomic E-state index is 14.1. The van der Waals surface area contributed by atoms with Gasteiger partial charge in [-0.15, -0.1) is 0 Å². The predicted molar refractivity (Wildman–Crippen MR) is 269 cm³/mol. The number of ether oxygens (including phenoxy) is 4. The molecule has 8 aromatic carbocycles. The number of rotatable bonds is 14. The molecular formula is C59H48BrF3N2O6. The summed E-state index contributed by atoms with van der Waals surface area (Å²) in [7, 11) is 0. The van der Waals surface area contributed by atoms with Gasteiger partial charge < -0.3 is 28.7 Å². The zero-order valence-corrected chi connectivity index (χ0v) is 40.1. The molecule has 0 aliphatic carbocycles. The lowest BCUT2D eigenvalue weighted by atomic mass is 10.1. The highest BCUT2D eigenvalue weighted by molar-refractivity contribution is 9.10. The standard InChI is InChI=1S/C30H24F3NO3.C29H24BrNO3/c31-30(32,33)26-15-25(29(35)34-17-23-13-7-8-14-24(23)18-34)27(36-19-21-9-3-1-4-10-21)16-28(26)37-20-22-11-5-2-6-12-22;30-26-15-25(29(32)31-17-23-13-7-8-14-24(23)18-31)27(33-19-21-9-3-1-4-10-21)16-28(26)34-20-22-11-5-2-6-12-22/h1-16H,17-20H2;1-16H,17-20H2. The Hall–Kier alpha value is -7.83. The molecule has 2 heterocycles. The Balaban J connectivity index is 0.000000176. The highest BCUT2D eigenvalue weighted by atomic mass is 79.9. The highest BCUT2D eigenvalue weighted by Crippen LogP contribution is 2.42.